The Bertz CT molecular complexity index is 984. The fourth-order valence-corrected chi connectivity index (χ4v) is 3.67. The summed E-state index contributed by atoms with van der Waals surface area (Å²) in [6.45, 7) is 0. The van der Waals surface area contributed by atoms with Crippen LogP contribution in [0.5, 0.6) is 0 Å². The minimum absolute atomic E-state index is 0.0269. The van der Waals surface area contributed by atoms with Crippen LogP contribution < -0.4 is 11.1 Å². The van der Waals surface area contributed by atoms with Gasteiger partial charge in [0.05, 0.1) is 6.04 Å². The van der Waals surface area contributed by atoms with Gasteiger partial charge in [0, 0.05) is 29.1 Å². The maximum absolute atomic E-state index is 12.4. The molecule has 7 heteroatoms. The Morgan fingerprint density at radius 2 is 2.07 bits per heavy atom. The smallest absolute Gasteiger partial charge is 0.227 e. The molecule has 3 aromatic rings. The van der Waals surface area contributed by atoms with Crippen molar-refractivity contribution < 1.29 is 9.32 Å². The summed E-state index contributed by atoms with van der Waals surface area (Å²) in [5.41, 5.74) is 9.85. The molecule has 1 heterocycles. The van der Waals surface area contributed by atoms with E-state index < -0.39 is 0 Å². The van der Waals surface area contributed by atoms with Gasteiger partial charge in [0.25, 0.3) is 0 Å². The molecular formula is C21H21ClN4O2. The van der Waals surface area contributed by atoms with E-state index in [1.165, 1.54) is 5.56 Å². The van der Waals surface area contributed by atoms with Crippen LogP contribution in [0.1, 0.15) is 42.3 Å². The molecule has 1 unspecified atom stereocenters. The van der Waals surface area contributed by atoms with Crippen molar-refractivity contribution in [2.45, 2.75) is 38.1 Å². The molecular weight excluding hydrogens is 376 g/mol. The van der Waals surface area contributed by atoms with Crippen molar-refractivity contribution in [1.29, 1.82) is 0 Å². The molecule has 0 radical (unpaired) electrons. The van der Waals surface area contributed by atoms with Crippen LogP contribution in [0.4, 0.5) is 5.69 Å². The van der Waals surface area contributed by atoms with Gasteiger partial charge in [0.15, 0.2) is 0 Å². The molecule has 0 saturated heterocycles. The molecule has 0 spiro atoms. The van der Waals surface area contributed by atoms with Crippen molar-refractivity contribution >= 4 is 23.2 Å². The second-order valence-electron chi connectivity index (χ2n) is 6.99. The first kappa shape index (κ1) is 18.5. The first-order valence-corrected chi connectivity index (χ1v) is 9.72. The minimum Gasteiger partial charge on any atom is -0.399 e. The number of aromatic nitrogens is 2. The van der Waals surface area contributed by atoms with Crippen molar-refractivity contribution in [2.75, 3.05) is 5.73 Å². The number of carbonyl (C=O) groups is 1. The van der Waals surface area contributed by atoms with Crippen molar-refractivity contribution in [3.63, 3.8) is 0 Å². The molecule has 6 nitrogen and oxygen atoms in total. The van der Waals surface area contributed by atoms with Crippen LogP contribution in [-0.4, -0.2) is 16.0 Å². The molecule has 4 rings (SSSR count). The summed E-state index contributed by atoms with van der Waals surface area (Å²) >= 11 is 5.89. The first-order chi connectivity index (χ1) is 13.6. The highest BCUT2D eigenvalue weighted by atomic mass is 35.5. The Balaban J connectivity index is 1.35. The zero-order valence-electron chi connectivity index (χ0n) is 15.3. The van der Waals surface area contributed by atoms with Gasteiger partial charge in [-0.15, -0.1) is 0 Å². The van der Waals surface area contributed by atoms with Crippen LogP contribution in [0.2, 0.25) is 5.02 Å². The molecule has 1 aliphatic carbocycles. The second kappa shape index (κ2) is 8.02. The van der Waals surface area contributed by atoms with E-state index in [4.69, 9.17) is 21.9 Å². The van der Waals surface area contributed by atoms with Crippen LogP contribution in [0, 0.1) is 0 Å². The van der Waals surface area contributed by atoms with E-state index in [2.05, 4.69) is 15.5 Å². The Hall–Kier alpha value is -2.86. The molecule has 0 saturated carbocycles. The fourth-order valence-electron chi connectivity index (χ4n) is 3.54. The topological polar surface area (TPSA) is 94.0 Å². The Morgan fingerprint density at radius 3 is 2.89 bits per heavy atom. The lowest BCUT2D eigenvalue weighted by atomic mass is 9.87. The number of amides is 1. The number of hydrogen-bond acceptors (Lipinski definition) is 5. The lowest BCUT2D eigenvalue weighted by Gasteiger charge is -2.26. The molecule has 0 bridgehead atoms. The van der Waals surface area contributed by atoms with Crippen LogP contribution in [0.25, 0.3) is 11.4 Å². The summed E-state index contributed by atoms with van der Waals surface area (Å²) in [5.74, 6) is 0.906. The predicted octanol–water partition coefficient (Wildman–Crippen LogP) is 4.10. The van der Waals surface area contributed by atoms with Crippen LogP contribution in [0.15, 0.2) is 47.0 Å². The highest BCUT2D eigenvalue weighted by Crippen LogP contribution is 2.31. The van der Waals surface area contributed by atoms with Crippen LogP contribution in [-0.2, 0) is 17.6 Å². The van der Waals surface area contributed by atoms with E-state index in [1.807, 2.05) is 30.3 Å². The van der Waals surface area contributed by atoms with E-state index >= 15 is 0 Å². The standard InChI is InChI=1S/C21H21ClN4O2/c22-15-6-4-13(5-7-15)21-25-20(28-26-21)11-10-19(27)24-18-3-1-2-14-12-16(23)8-9-17(14)18/h4-9,12,18H,1-3,10-11,23H2,(H,24,27). The molecule has 1 aromatic heterocycles. The average Bonchev–Trinajstić information content (AvgIpc) is 3.16. The van der Waals surface area contributed by atoms with Crippen LogP contribution in [0.3, 0.4) is 0 Å². The molecule has 0 aliphatic heterocycles. The van der Waals surface area contributed by atoms with Gasteiger partial charge >= 0.3 is 0 Å². The number of benzene rings is 2. The van der Waals surface area contributed by atoms with Crippen molar-refractivity contribution in [2.24, 2.45) is 0 Å². The Kier molecular flexibility index (Phi) is 5.30. The lowest BCUT2D eigenvalue weighted by molar-refractivity contribution is -0.122. The molecule has 1 amide bonds. The van der Waals surface area contributed by atoms with E-state index in [9.17, 15) is 4.79 Å². The summed E-state index contributed by atoms with van der Waals surface area (Å²) in [5, 5.41) is 7.75. The summed E-state index contributed by atoms with van der Waals surface area (Å²) < 4.78 is 5.27. The number of nitrogen functional groups attached to an aromatic ring is 1. The fraction of sp³-hybridized carbons (Fsp3) is 0.286. The van der Waals surface area contributed by atoms with Gasteiger partial charge in [-0.3, -0.25) is 4.79 Å². The number of rotatable bonds is 5. The maximum atomic E-state index is 12.4. The Morgan fingerprint density at radius 1 is 1.25 bits per heavy atom. The number of nitrogens with two attached hydrogens (primary N) is 1. The van der Waals surface area contributed by atoms with E-state index in [0.717, 1.165) is 36.1 Å². The van der Waals surface area contributed by atoms with Gasteiger partial charge in [-0.25, -0.2) is 0 Å². The number of hydrogen-bond donors (Lipinski definition) is 2. The average molecular weight is 397 g/mol. The number of carbonyl (C=O) groups excluding carboxylic acids is 1. The Labute approximate surface area is 168 Å². The van der Waals surface area contributed by atoms with Gasteiger partial charge in [0.1, 0.15) is 0 Å². The quantitative estimate of drug-likeness (QED) is 0.633. The molecule has 0 fully saturated rings. The zero-order chi connectivity index (χ0) is 19.5. The third-order valence-electron chi connectivity index (χ3n) is 4.95. The van der Waals surface area contributed by atoms with Gasteiger partial charge in [0.2, 0.25) is 17.6 Å². The largest absolute Gasteiger partial charge is 0.399 e. The van der Waals surface area contributed by atoms with Gasteiger partial charge in [-0.1, -0.05) is 22.8 Å². The number of nitrogens with one attached hydrogen (secondary N) is 1. The third-order valence-corrected chi connectivity index (χ3v) is 5.20. The number of anilines is 1. The van der Waals surface area contributed by atoms with E-state index in [0.29, 0.717) is 29.6 Å². The number of fused-ring (bicyclic) bond motifs is 1. The highest BCUT2D eigenvalue weighted by Gasteiger charge is 2.22. The van der Waals surface area contributed by atoms with Crippen molar-refractivity contribution in [3.05, 3.63) is 64.5 Å². The molecule has 1 atom stereocenters. The third kappa shape index (κ3) is 4.17. The maximum Gasteiger partial charge on any atom is 0.227 e. The predicted molar refractivity (Wildman–Crippen MR) is 108 cm³/mol. The number of aryl methyl sites for hydroxylation is 2. The molecule has 2 aromatic carbocycles. The minimum atomic E-state index is -0.0269. The number of halogens is 1. The zero-order valence-corrected chi connectivity index (χ0v) is 16.1. The SMILES string of the molecule is Nc1ccc2c(c1)CCCC2NC(=O)CCc1nc(-c2ccc(Cl)cc2)no1. The first-order valence-electron chi connectivity index (χ1n) is 9.34. The van der Waals surface area contributed by atoms with Gasteiger partial charge in [-0.2, -0.15) is 4.98 Å². The van der Waals surface area contributed by atoms with Gasteiger partial charge in [-0.05, 0) is 66.8 Å². The van der Waals surface area contributed by atoms with Gasteiger partial charge < -0.3 is 15.6 Å². The molecule has 3 N–H and O–H groups in total. The van der Waals surface area contributed by atoms with Crippen molar-refractivity contribution in [3.8, 4) is 11.4 Å². The lowest BCUT2D eigenvalue weighted by Crippen LogP contribution is -2.31. The highest BCUT2D eigenvalue weighted by molar-refractivity contribution is 6.30. The molecule has 144 valence electrons. The van der Waals surface area contributed by atoms with E-state index in [-0.39, 0.29) is 11.9 Å². The van der Waals surface area contributed by atoms with Crippen molar-refractivity contribution in [1.82, 2.24) is 15.5 Å². The van der Waals surface area contributed by atoms with Crippen LogP contribution >= 0.6 is 11.6 Å². The monoisotopic (exact) mass is 396 g/mol. The van der Waals surface area contributed by atoms with E-state index in [1.54, 1.807) is 12.1 Å². The summed E-state index contributed by atoms with van der Waals surface area (Å²) in [4.78, 5) is 16.8. The normalized spacial score (nSPS) is 15.8. The summed E-state index contributed by atoms with van der Waals surface area (Å²) in [7, 11) is 0. The molecule has 1 aliphatic rings. The second-order valence-corrected chi connectivity index (χ2v) is 7.43. The number of nitrogens with zero attached hydrogens (tertiary/aromatic N) is 2. The summed E-state index contributed by atoms with van der Waals surface area (Å²) in [6.07, 6.45) is 3.67. The molecule has 28 heavy (non-hydrogen) atoms. The summed E-state index contributed by atoms with van der Waals surface area (Å²) in [6, 6.07) is 13.2.